The number of nitriles is 1. The predicted octanol–water partition coefficient (Wildman–Crippen LogP) is 3.52. The first-order chi connectivity index (χ1) is 12.5. The number of benzene rings is 1. The van der Waals surface area contributed by atoms with Crippen LogP contribution in [0.25, 0.3) is 10.9 Å². The number of rotatable bonds is 5. The van der Waals surface area contributed by atoms with Crippen LogP contribution in [0.15, 0.2) is 47.3 Å². The summed E-state index contributed by atoms with van der Waals surface area (Å²) < 4.78 is 5.17. The highest BCUT2D eigenvalue weighted by atomic mass is 16.5. The van der Waals surface area contributed by atoms with Crippen molar-refractivity contribution in [2.75, 3.05) is 7.11 Å². The van der Waals surface area contributed by atoms with Crippen LogP contribution < -0.4 is 10.3 Å². The zero-order valence-electron chi connectivity index (χ0n) is 15.2. The molecule has 1 unspecified atom stereocenters. The van der Waals surface area contributed by atoms with Gasteiger partial charge in [0.05, 0.1) is 18.6 Å². The first kappa shape index (κ1) is 17.7. The normalized spacial score (nSPS) is 13.2. The summed E-state index contributed by atoms with van der Waals surface area (Å²) in [5, 5.41) is 10.8. The van der Waals surface area contributed by atoms with Crippen molar-refractivity contribution in [1.29, 1.82) is 5.26 Å². The van der Waals surface area contributed by atoms with Crippen LogP contribution in [0.1, 0.15) is 30.7 Å². The van der Waals surface area contributed by atoms with Gasteiger partial charge in [-0.2, -0.15) is 5.26 Å². The molecule has 0 spiro atoms. The van der Waals surface area contributed by atoms with E-state index in [0.29, 0.717) is 18.7 Å². The fraction of sp³-hybridized carbons (Fsp3) is 0.286. The molecule has 3 rings (SSSR count). The van der Waals surface area contributed by atoms with Gasteiger partial charge in [-0.05, 0) is 42.5 Å². The quantitative estimate of drug-likeness (QED) is 0.766. The minimum atomic E-state index is -0.770. The topological polar surface area (TPSA) is 78.8 Å². The summed E-state index contributed by atoms with van der Waals surface area (Å²) in [4.78, 5) is 19.5. The second kappa shape index (κ2) is 7.01. The summed E-state index contributed by atoms with van der Waals surface area (Å²) in [5.74, 6) is 0.526. The Labute approximate surface area is 152 Å². The first-order valence-corrected chi connectivity index (χ1v) is 8.56. The number of aryl methyl sites for hydroxylation is 1. The van der Waals surface area contributed by atoms with E-state index in [4.69, 9.17) is 4.74 Å². The molecule has 5 heteroatoms. The molecule has 0 aliphatic carbocycles. The fourth-order valence-electron chi connectivity index (χ4n) is 3.09. The van der Waals surface area contributed by atoms with Gasteiger partial charge in [-0.1, -0.05) is 25.1 Å². The van der Waals surface area contributed by atoms with Gasteiger partial charge in [0.1, 0.15) is 0 Å². The van der Waals surface area contributed by atoms with E-state index in [1.54, 1.807) is 13.2 Å². The number of hydrogen-bond acceptors (Lipinski definition) is 4. The molecule has 3 aromatic rings. The zero-order valence-corrected chi connectivity index (χ0v) is 15.2. The summed E-state index contributed by atoms with van der Waals surface area (Å²) in [6.45, 7) is 3.84. The number of hydrogen-bond donors (Lipinski definition) is 1. The Morgan fingerprint density at radius 3 is 2.77 bits per heavy atom. The van der Waals surface area contributed by atoms with E-state index in [-0.39, 0.29) is 5.56 Å². The molecule has 1 N–H and O–H groups in total. The van der Waals surface area contributed by atoms with Crippen molar-refractivity contribution in [2.45, 2.75) is 32.1 Å². The molecule has 0 saturated carbocycles. The Morgan fingerprint density at radius 2 is 2.08 bits per heavy atom. The number of ether oxygens (including phenoxy) is 1. The van der Waals surface area contributed by atoms with Gasteiger partial charge in [-0.3, -0.25) is 4.79 Å². The Hall–Kier alpha value is -3.13. The summed E-state index contributed by atoms with van der Waals surface area (Å²) >= 11 is 0. The molecule has 0 saturated heterocycles. The zero-order chi connectivity index (χ0) is 18.7. The number of fused-ring (bicyclic) bond motifs is 1. The molecule has 2 aromatic heterocycles. The molecule has 5 nitrogen and oxygen atoms in total. The summed E-state index contributed by atoms with van der Waals surface area (Å²) in [6.07, 6.45) is 1.13. The lowest BCUT2D eigenvalue weighted by Gasteiger charge is -2.22. The first-order valence-electron chi connectivity index (χ1n) is 8.56. The monoisotopic (exact) mass is 347 g/mol. The third-order valence-corrected chi connectivity index (χ3v) is 4.71. The van der Waals surface area contributed by atoms with Gasteiger partial charge in [0.15, 0.2) is 0 Å². The third kappa shape index (κ3) is 3.31. The summed E-state index contributed by atoms with van der Waals surface area (Å²) in [5.41, 5.74) is 2.28. The van der Waals surface area contributed by atoms with Gasteiger partial charge in [0.2, 0.25) is 5.88 Å². The van der Waals surface area contributed by atoms with Crippen molar-refractivity contribution in [2.24, 2.45) is 0 Å². The van der Waals surface area contributed by atoms with Gasteiger partial charge in [0, 0.05) is 29.3 Å². The Bertz CT molecular complexity index is 1050. The molecule has 132 valence electrons. The average molecular weight is 347 g/mol. The minimum absolute atomic E-state index is 0.0785. The van der Waals surface area contributed by atoms with Crippen molar-refractivity contribution >= 4 is 10.9 Å². The van der Waals surface area contributed by atoms with E-state index in [1.807, 2.05) is 50.2 Å². The Kier molecular flexibility index (Phi) is 4.77. The molecule has 0 radical (unpaired) electrons. The van der Waals surface area contributed by atoms with Crippen LogP contribution in [-0.2, 0) is 18.3 Å². The SMILES string of the molecule is CCc1cc2ccc(C(C)(C#N)Cc3cccc(OC)n3)cc2[nH]c1=O. The van der Waals surface area contributed by atoms with Gasteiger partial charge in [-0.25, -0.2) is 4.98 Å². The van der Waals surface area contributed by atoms with Crippen LogP contribution in [0.5, 0.6) is 5.88 Å². The highest BCUT2D eigenvalue weighted by molar-refractivity contribution is 5.80. The van der Waals surface area contributed by atoms with E-state index in [1.165, 1.54) is 0 Å². The number of pyridine rings is 2. The van der Waals surface area contributed by atoms with E-state index in [2.05, 4.69) is 16.0 Å². The summed E-state index contributed by atoms with van der Waals surface area (Å²) in [6, 6.07) is 15.6. The fourth-order valence-corrected chi connectivity index (χ4v) is 3.09. The highest BCUT2D eigenvalue weighted by Crippen LogP contribution is 2.29. The van der Waals surface area contributed by atoms with E-state index >= 15 is 0 Å². The maximum atomic E-state index is 12.1. The molecule has 26 heavy (non-hydrogen) atoms. The van der Waals surface area contributed by atoms with Crippen LogP contribution in [0, 0.1) is 11.3 Å². The van der Waals surface area contributed by atoms with Crippen LogP contribution in [0.3, 0.4) is 0 Å². The lowest BCUT2D eigenvalue weighted by molar-refractivity contribution is 0.395. The highest BCUT2D eigenvalue weighted by Gasteiger charge is 2.28. The minimum Gasteiger partial charge on any atom is -0.481 e. The largest absolute Gasteiger partial charge is 0.481 e. The number of H-pyrrole nitrogens is 1. The van der Waals surface area contributed by atoms with E-state index in [0.717, 1.165) is 27.7 Å². The predicted molar refractivity (Wildman–Crippen MR) is 101 cm³/mol. The Morgan fingerprint density at radius 1 is 1.27 bits per heavy atom. The van der Waals surface area contributed by atoms with Crippen LogP contribution >= 0.6 is 0 Å². The standard InChI is InChI=1S/C21H21N3O2/c1-4-14-10-15-8-9-16(11-18(15)24-20(14)25)21(2,13-22)12-17-6-5-7-19(23-17)26-3/h5-11H,4,12H2,1-3H3,(H,24,25). The van der Waals surface area contributed by atoms with Gasteiger partial charge < -0.3 is 9.72 Å². The molecule has 0 bridgehead atoms. The van der Waals surface area contributed by atoms with Crippen molar-refractivity contribution in [3.05, 3.63) is 69.6 Å². The molecule has 0 aliphatic rings. The van der Waals surface area contributed by atoms with Gasteiger partial charge in [0.25, 0.3) is 5.56 Å². The number of nitrogens with one attached hydrogen (secondary N) is 1. The molecule has 0 fully saturated rings. The van der Waals surface area contributed by atoms with Crippen molar-refractivity contribution < 1.29 is 4.74 Å². The van der Waals surface area contributed by atoms with Crippen molar-refractivity contribution in [3.63, 3.8) is 0 Å². The Balaban J connectivity index is 2.03. The van der Waals surface area contributed by atoms with E-state index < -0.39 is 5.41 Å². The second-order valence-corrected chi connectivity index (χ2v) is 6.57. The molecular formula is C21H21N3O2. The molecule has 0 aliphatic heterocycles. The van der Waals surface area contributed by atoms with Crippen LogP contribution in [-0.4, -0.2) is 17.1 Å². The summed E-state index contributed by atoms with van der Waals surface area (Å²) in [7, 11) is 1.57. The number of nitrogens with zero attached hydrogens (tertiary/aromatic N) is 2. The molecule has 0 amide bonds. The smallest absolute Gasteiger partial charge is 0.251 e. The molecule has 1 aromatic carbocycles. The second-order valence-electron chi connectivity index (χ2n) is 6.57. The van der Waals surface area contributed by atoms with Crippen molar-refractivity contribution in [1.82, 2.24) is 9.97 Å². The number of aromatic nitrogens is 2. The number of aromatic amines is 1. The van der Waals surface area contributed by atoms with E-state index in [9.17, 15) is 10.1 Å². The molecule has 1 atom stereocenters. The van der Waals surface area contributed by atoms with Crippen LogP contribution in [0.4, 0.5) is 0 Å². The van der Waals surface area contributed by atoms with Crippen LogP contribution in [0.2, 0.25) is 0 Å². The average Bonchev–Trinajstić information content (AvgIpc) is 2.67. The number of methoxy groups -OCH3 is 1. The van der Waals surface area contributed by atoms with Gasteiger partial charge in [-0.15, -0.1) is 0 Å². The van der Waals surface area contributed by atoms with Gasteiger partial charge >= 0.3 is 0 Å². The maximum absolute atomic E-state index is 12.1. The molecule has 2 heterocycles. The molecular weight excluding hydrogens is 326 g/mol. The van der Waals surface area contributed by atoms with Crippen molar-refractivity contribution in [3.8, 4) is 11.9 Å². The lowest BCUT2D eigenvalue weighted by Crippen LogP contribution is -2.23. The lowest BCUT2D eigenvalue weighted by atomic mass is 9.79. The maximum Gasteiger partial charge on any atom is 0.251 e. The third-order valence-electron chi connectivity index (χ3n) is 4.71.